The van der Waals surface area contributed by atoms with Gasteiger partial charge in [0.15, 0.2) is 0 Å². The fourth-order valence-electron chi connectivity index (χ4n) is 2.38. The van der Waals surface area contributed by atoms with Crippen molar-refractivity contribution in [2.45, 2.75) is 26.4 Å². The zero-order valence-electron chi connectivity index (χ0n) is 12.5. The van der Waals surface area contributed by atoms with Gasteiger partial charge in [-0.05, 0) is 19.4 Å². The number of anilines is 1. The minimum absolute atomic E-state index is 0.257. The Balaban J connectivity index is 2.07. The van der Waals surface area contributed by atoms with Gasteiger partial charge in [0.05, 0.1) is 11.5 Å². The van der Waals surface area contributed by atoms with Crippen LogP contribution in [0.25, 0.3) is 0 Å². The van der Waals surface area contributed by atoms with Crippen LogP contribution in [-0.2, 0) is 9.59 Å². The number of alkyl halides is 3. The summed E-state index contributed by atoms with van der Waals surface area (Å²) < 4.78 is 37.1. The van der Waals surface area contributed by atoms with Gasteiger partial charge in [0.2, 0.25) is 11.8 Å². The lowest BCUT2D eigenvalue weighted by molar-refractivity contribution is -0.157. The first-order valence-electron chi connectivity index (χ1n) is 6.78. The first-order chi connectivity index (χ1) is 10.6. The van der Waals surface area contributed by atoms with Crippen molar-refractivity contribution < 1.29 is 22.8 Å². The minimum atomic E-state index is -4.49. The van der Waals surface area contributed by atoms with Gasteiger partial charge in [0, 0.05) is 17.8 Å². The second-order valence-corrected chi connectivity index (χ2v) is 6.60. The summed E-state index contributed by atoms with van der Waals surface area (Å²) >= 11 is 1.23. The molecule has 1 aliphatic rings. The molecule has 1 aliphatic heterocycles. The Labute approximate surface area is 134 Å². The van der Waals surface area contributed by atoms with Gasteiger partial charge < -0.3 is 10.2 Å². The highest BCUT2D eigenvalue weighted by molar-refractivity contribution is 7.16. The average Bonchev–Trinajstić information content (AvgIpc) is 2.90. The van der Waals surface area contributed by atoms with E-state index in [9.17, 15) is 22.8 Å². The largest absolute Gasteiger partial charge is 0.406 e. The molecule has 0 saturated carbocycles. The monoisotopic (exact) mass is 345 g/mol. The van der Waals surface area contributed by atoms with Crippen molar-refractivity contribution in [1.82, 2.24) is 4.90 Å². The molecule has 0 spiro atoms. The van der Waals surface area contributed by atoms with Gasteiger partial charge in [0.1, 0.15) is 17.6 Å². The molecule has 1 atom stereocenters. The van der Waals surface area contributed by atoms with Crippen molar-refractivity contribution in [1.29, 1.82) is 5.26 Å². The molecule has 1 N–H and O–H groups in total. The first-order valence-corrected chi connectivity index (χ1v) is 7.59. The maximum Gasteiger partial charge on any atom is 0.406 e. The molecule has 0 radical (unpaired) electrons. The van der Waals surface area contributed by atoms with Gasteiger partial charge in [-0.15, -0.1) is 11.3 Å². The number of hydrogen-bond acceptors (Lipinski definition) is 4. The summed E-state index contributed by atoms with van der Waals surface area (Å²) in [6.45, 7) is 1.94. The van der Waals surface area contributed by atoms with Crippen molar-refractivity contribution in [3.8, 4) is 6.07 Å². The molecule has 2 heterocycles. The van der Waals surface area contributed by atoms with Gasteiger partial charge in [-0.1, -0.05) is 0 Å². The van der Waals surface area contributed by atoms with Crippen LogP contribution in [0.5, 0.6) is 0 Å². The zero-order chi connectivity index (χ0) is 17.4. The number of aryl methyl sites for hydroxylation is 1. The van der Waals surface area contributed by atoms with E-state index in [1.807, 2.05) is 6.07 Å². The Bertz CT molecular complexity index is 691. The van der Waals surface area contributed by atoms with E-state index in [0.717, 1.165) is 10.4 Å². The van der Waals surface area contributed by atoms with Crippen molar-refractivity contribution in [3.63, 3.8) is 0 Å². The van der Waals surface area contributed by atoms with Gasteiger partial charge in [-0.3, -0.25) is 9.59 Å². The number of nitrogens with zero attached hydrogens (tertiary/aromatic N) is 2. The third-order valence-electron chi connectivity index (χ3n) is 3.69. The standard InChI is InChI=1S/C14H14F3N3O2S/c1-7-8(2)23-13(10(7)4-18)19-12(22)9-3-11(21)20(5-9)6-14(15,16)17/h9H,3,5-6H2,1-2H3,(H,19,22)/t9-/m1/s1. The molecule has 0 unspecified atom stereocenters. The van der Waals surface area contributed by atoms with E-state index < -0.39 is 30.5 Å². The maximum absolute atomic E-state index is 12.4. The molecule has 124 valence electrons. The zero-order valence-corrected chi connectivity index (χ0v) is 13.3. The van der Waals surface area contributed by atoms with Gasteiger partial charge in [0.25, 0.3) is 0 Å². The Morgan fingerprint density at radius 1 is 1.48 bits per heavy atom. The number of amides is 2. The predicted octanol–water partition coefficient (Wildman–Crippen LogP) is 2.59. The molecule has 2 amide bonds. The number of carbonyl (C=O) groups is 2. The van der Waals surface area contributed by atoms with Crippen molar-refractivity contribution >= 4 is 28.2 Å². The SMILES string of the molecule is Cc1sc(NC(=O)[C@@H]2CC(=O)N(CC(F)(F)F)C2)c(C#N)c1C. The fourth-order valence-corrected chi connectivity index (χ4v) is 3.39. The normalized spacial score (nSPS) is 18.2. The van der Waals surface area contributed by atoms with Gasteiger partial charge >= 0.3 is 6.18 Å². The molecule has 23 heavy (non-hydrogen) atoms. The summed E-state index contributed by atoms with van der Waals surface area (Å²) in [5, 5.41) is 12.1. The third-order valence-corrected chi connectivity index (χ3v) is 4.81. The molecule has 9 heteroatoms. The summed E-state index contributed by atoms with van der Waals surface area (Å²) in [5.74, 6) is -2.08. The number of halogens is 3. The van der Waals surface area contributed by atoms with Crippen LogP contribution in [0, 0.1) is 31.1 Å². The predicted molar refractivity (Wildman–Crippen MR) is 77.9 cm³/mol. The van der Waals surface area contributed by atoms with Crippen molar-refractivity contribution in [2.24, 2.45) is 5.92 Å². The number of likely N-dealkylation sites (tertiary alicyclic amines) is 1. The molecule has 2 rings (SSSR count). The van der Waals surface area contributed by atoms with Crippen LogP contribution in [0.2, 0.25) is 0 Å². The minimum Gasteiger partial charge on any atom is -0.333 e. The molecular formula is C14H14F3N3O2S. The van der Waals surface area contributed by atoms with Crippen LogP contribution >= 0.6 is 11.3 Å². The number of nitriles is 1. The van der Waals surface area contributed by atoms with Crippen LogP contribution in [0.1, 0.15) is 22.4 Å². The number of hydrogen-bond donors (Lipinski definition) is 1. The molecule has 1 aromatic rings. The molecule has 1 fully saturated rings. The highest BCUT2D eigenvalue weighted by Gasteiger charge is 2.40. The van der Waals surface area contributed by atoms with E-state index in [0.29, 0.717) is 15.5 Å². The quantitative estimate of drug-likeness (QED) is 0.915. The smallest absolute Gasteiger partial charge is 0.333 e. The van der Waals surface area contributed by atoms with Crippen LogP contribution < -0.4 is 5.32 Å². The summed E-state index contributed by atoms with van der Waals surface area (Å²) in [4.78, 5) is 25.3. The fraction of sp³-hybridized carbons (Fsp3) is 0.500. The van der Waals surface area contributed by atoms with Crippen LogP contribution in [0.15, 0.2) is 0 Å². The van der Waals surface area contributed by atoms with Gasteiger partial charge in [-0.2, -0.15) is 18.4 Å². The lowest BCUT2D eigenvalue weighted by Crippen LogP contribution is -2.36. The summed E-state index contributed by atoms with van der Waals surface area (Å²) in [6, 6.07) is 2.00. The highest BCUT2D eigenvalue weighted by Crippen LogP contribution is 2.33. The third kappa shape index (κ3) is 3.82. The van der Waals surface area contributed by atoms with E-state index in [1.54, 1.807) is 13.8 Å². The number of rotatable bonds is 3. The molecular weight excluding hydrogens is 331 g/mol. The number of nitrogens with one attached hydrogen (secondary N) is 1. The van der Waals surface area contributed by atoms with Crippen molar-refractivity contribution in [2.75, 3.05) is 18.4 Å². The summed E-state index contributed by atoms with van der Waals surface area (Å²) in [5.41, 5.74) is 1.10. The second-order valence-electron chi connectivity index (χ2n) is 5.38. The van der Waals surface area contributed by atoms with Crippen LogP contribution in [0.3, 0.4) is 0 Å². The van der Waals surface area contributed by atoms with E-state index in [4.69, 9.17) is 5.26 Å². The highest BCUT2D eigenvalue weighted by atomic mass is 32.1. The van der Waals surface area contributed by atoms with E-state index in [1.165, 1.54) is 11.3 Å². The van der Waals surface area contributed by atoms with Gasteiger partial charge in [-0.25, -0.2) is 0 Å². The van der Waals surface area contributed by atoms with E-state index in [2.05, 4.69) is 5.32 Å². The first kappa shape index (κ1) is 17.3. The average molecular weight is 345 g/mol. The second kappa shape index (κ2) is 6.20. The molecule has 0 aliphatic carbocycles. The number of carbonyl (C=O) groups excluding carboxylic acids is 2. The maximum atomic E-state index is 12.4. The lowest BCUT2D eigenvalue weighted by atomic mass is 10.1. The molecule has 5 nitrogen and oxygen atoms in total. The molecule has 1 saturated heterocycles. The lowest BCUT2D eigenvalue weighted by Gasteiger charge is -2.18. The Kier molecular flexibility index (Phi) is 4.66. The van der Waals surface area contributed by atoms with Crippen LogP contribution in [0.4, 0.5) is 18.2 Å². The Morgan fingerprint density at radius 3 is 2.70 bits per heavy atom. The van der Waals surface area contributed by atoms with E-state index >= 15 is 0 Å². The summed E-state index contributed by atoms with van der Waals surface area (Å²) in [6.07, 6.45) is -4.75. The summed E-state index contributed by atoms with van der Waals surface area (Å²) in [7, 11) is 0. The van der Waals surface area contributed by atoms with E-state index in [-0.39, 0.29) is 13.0 Å². The Hall–Kier alpha value is -2.08. The molecule has 1 aromatic heterocycles. The Morgan fingerprint density at radius 2 is 2.13 bits per heavy atom. The molecule has 0 aromatic carbocycles. The number of thiophene rings is 1. The van der Waals surface area contributed by atoms with Crippen molar-refractivity contribution in [3.05, 3.63) is 16.0 Å². The van der Waals surface area contributed by atoms with Crippen LogP contribution in [-0.4, -0.2) is 36.0 Å². The molecule has 0 bridgehead atoms. The topological polar surface area (TPSA) is 73.2 Å².